The van der Waals surface area contributed by atoms with Gasteiger partial charge < -0.3 is 11.1 Å². The van der Waals surface area contributed by atoms with Gasteiger partial charge in [0.15, 0.2) is 11.5 Å². The van der Waals surface area contributed by atoms with Crippen molar-refractivity contribution >= 4 is 29.2 Å². The van der Waals surface area contributed by atoms with Gasteiger partial charge in [0.1, 0.15) is 5.82 Å². The summed E-state index contributed by atoms with van der Waals surface area (Å²) >= 11 is 1.58. The highest BCUT2D eigenvalue weighted by Crippen LogP contribution is 2.20. The summed E-state index contributed by atoms with van der Waals surface area (Å²) in [6.07, 6.45) is 1.96. The Morgan fingerprint density at radius 2 is 2.04 bits per heavy atom. The van der Waals surface area contributed by atoms with E-state index in [0.717, 1.165) is 10.5 Å². The molecule has 0 spiro atoms. The first-order valence-electron chi connectivity index (χ1n) is 7.45. The van der Waals surface area contributed by atoms with E-state index >= 15 is 0 Å². The molecule has 0 aliphatic carbocycles. The van der Waals surface area contributed by atoms with Crippen molar-refractivity contribution in [2.24, 2.45) is 0 Å². The van der Waals surface area contributed by atoms with Crippen molar-refractivity contribution in [1.82, 2.24) is 15.0 Å². The Kier molecular flexibility index (Phi) is 4.99. The molecule has 3 rings (SSSR count). The molecule has 1 aromatic heterocycles. The molecule has 0 aliphatic rings. The van der Waals surface area contributed by atoms with Crippen LogP contribution in [0.4, 0.5) is 15.9 Å². The van der Waals surface area contributed by atoms with E-state index in [-0.39, 0.29) is 17.3 Å². The standard InChI is InChI=1S/C17H16FN5OS/c1-25-14-4-2-3-13(9-14)20-17(24)15-16(19)23(22-21-15)10-11-5-7-12(18)8-6-11/h2-9H,10,19H2,1H3,(H,20,24). The molecule has 2 aromatic carbocycles. The number of hydrogen-bond donors (Lipinski definition) is 2. The maximum absolute atomic E-state index is 13.0. The summed E-state index contributed by atoms with van der Waals surface area (Å²) in [5.41, 5.74) is 7.50. The van der Waals surface area contributed by atoms with Crippen LogP contribution < -0.4 is 11.1 Å². The number of hydrogen-bond acceptors (Lipinski definition) is 5. The number of rotatable bonds is 5. The molecule has 0 bridgehead atoms. The molecule has 3 aromatic rings. The summed E-state index contributed by atoms with van der Waals surface area (Å²) in [4.78, 5) is 13.4. The number of anilines is 2. The fourth-order valence-corrected chi connectivity index (χ4v) is 2.71. The fourth-order valence-electron chi connectivity index (χ4n) is 2.25. The maximum Gasteiger partial charge on any atom is 0.280 e. The minimum absolute atomic E-state index is 0.0525. The summed E-state index contributed by atoms with van der Waals surface area (Å²) in [6, 6.07) is 13.4. The van der Waals surface area contributed by atoms with E-state index < -0.39 is 5.91 Å². The molecule has 0 fully saturated rings. The summed E-state index contributed by atoms with van der Waals surface area (Å²) in [5, 5.41) is 10.5. The molecule has 0 unspecified atom stereocenters. The van der Waals surface area contributed by atoms with E-state index in [0.29, 0.717) is 12.2 Å². The number of thioether (sulfide) groups is 1. The van der Waals surface area contributed by atoms with E-state index in [4.69, 9.17) is 5.73 Å². The van der Waals surface area contributed by atoms with Gasteiger partial charge in [0, 0.05) is 10.6 Å². The first-order valence-corrected chi connectivity index (χ1v) is 8.68. The zero-order valence-electron chi connectivity index (χ0n) is 13.4. The number of aromatic nitrogens is 3. The van der Waals surface area contributed by atoms with Gasteiger partial charge in [-0.25, -0.2) is 9.07 Å². The van der Waals surface area contributed by atoms with Gasteiger partial charge in [-0.1, -0.05) is 23.4 Å². The van der Waals surface area contributed by atoms with Gasteiger partial charge in [0.25, 0.3) is 5.91 Å². The predicted molar refractivity (Wildman–Crippen MR) is 96.1 cm³/mol. The van der Waals surface area contributed by atoms with E-state index in [1.165, 1.54) is 16.8 Å². The molecular weight excluding hydrogens is 341 g/mol. The molecule has 1 amide bonds. The van der Waals surface area contributed by atoms with Crippen molar-refractivity contribution in [3.8, 4) is 0 Å². The van der Waals surface area contributed by atoms with Crippen molar-refractivity contribution < 1.29 is 9.18 Å². The van der Waals surface area contributed by atoms with Gasteiger partial charge in [0.2, 0.25) is 0 Å². The van der Waals surface area contributed by atoms with Crippen molar-refractivity contribution in [3.05, 3.63) is 65.6 Å². The number of halogens is 1. The molecule has 128 valence electrons. The molecule has 25 heavy (non-hydrogen) atoms. The van der Waals surface area contributed by atoms with Crippen LogP contribution in [-0.4, -0.2) is 27.2 Å². The Bertz CT molecular complexity index is 894. The van der Waals surface area contributed by atoms with Crippen LogP contribution >= 0.6 is 11.8 Å². The third-order valence-corrected chi connectivity index (χ3v) is 4.29. The van der Waals surface area contributed by atoms with Crippen LogP contribution in [0.3, 0.4) is 0 Å². The van der Waals surface area contributed by atoms with Crippen molar-refractivity contribution in [2.45, 2.75) is 11.4 Å². The first kappa shape index (κ1) is 17.0. The van der Waals surface area contributed by atoms with Gasteiger partial charge in [-0.2, -0.15) is 0 Å². The lowest BCUT2D eigenvalue weighted by Crippen LogP contribution is -2.15. The van der Waals surface area contributed by atoms with Crippen LogP contribution in [0.2, 0.25) is 0 Å². The molecule has 6 nitrogen and oxygen atoms in total. The number of carbonyl (C=O) groups excluding carboxylic acids is 1. The van der Waals surface area contributed by atoms with Crippen LogP contribution in [-0.2, 0) is 6.54 Å². The average Bonchev–Trinajstić information content (AvgIpc) is 2.98. The summed E-state index contributed by atoms with van der Waals surface area (Å²) in [6.45, 7) is 0.300. The van der Waals surface area contributed by atoms with Crippen LogP contribution in [0.25, 0.3) is 0 Å². The second-order valence-electron chi connectivity index (χ2n) is 5.29. The lowest BCUT2D eigenvalue weighted by Gasteiger charge is -2.06. The molecule has 0 saturated heterocycles. The van der Waals surface area contributed by atoms with Crippen molar-refractivity contribution in [3.63, 3.8) is 0 Å². The van der Waals surface area contributed by atoms with Crippen LogP contribution in [0.5, 0.6) is 0 Å². The second kappa shape index (κ2) is 7.35. The van der Waals surface area contributed by atoms with E-state index in [9.17, 15) is 9.18 Å². The normalized spacial score (nSPS) is 10.6. The monoisotopic (exact) mass is 357 g/mol. The lowest BCUT2D eigenvalue weighted by molar-refractivity contribution is 0.102. The molecule has 1 heterocycles. The van der Waals surface area contributed by atoms with Crippen molar-refractivity contribution in [2.75, 3.05) is 17.3 Å². The molecule has 0 aliphatic heterocycles. The molecule has 0 radical (unpaired) electrons. The third-order valence-electron chi connectivity index (χ3n) is 3.56. The average molecular weight is 357 g/mol. The molecule has 8 heteroatoms. The predicted octanol–water partition coefficient (Wildman–Crippen LogP) is 3.02. The zero-order valence-corrected chi connectivity index (χ0v) is 14.3. The first-order chi connectivity index (χ1) is 12.1. The van der Waals surface area contributed by atoms with Gasteiger partial charge in [0.05, 0.1) is 6.54 Å². The fraction of sp³-hybridized carbons (Fsp3) is 0.118. The molecule has 3 N–H and O–H groups in total. The Labute approximate surface area is 148 Å². The highest BCUT2D eigenvalue weighted by atomic mass is 32.2. The Balaban J connectivity index is 1.75. The number of amides is 1. The smallest absolute Gasteiger partial charge is 0.280 e. The minimum atomic E-state index is -0.430. The SMILES string of the molecule is CSc1cccc(NC(=O)c2nnn(Cc3ccc(F)cc3)c2N)c1. The van der Waals surface area contributed by atoms with E-state index in [1.807, 2.05) is 24.5 Å². The molecule has 0 atom stereocenters. The third kappa shape index (κ3) is 3.97. The van der Waals surface area contributed by atoms with E-state index in [2.05, 4.69) is 15.6 Å². The lowest BCUT2D eigenvalue weighted by atomic mass is 10.2. The van der Waals surface area contributed by atoms with Gasteiger partial charge in [-0.05, 0) is 42.2 Å². The minimum Gasteiger partial charge on any atom is -0.382 e. The topological polar surface area (TPSA) is 85.8 Å². The number of nitrogens with zero attached hydrogens (tertiary/aromatic N) is 3. The van der Waals surface area contributed by atoms with Gasteiger partial charge in [-0.15, -0.1) is 16.9 Å². The second-order valence-corrected chi connectivity index (χ2v) is 6.17. The van der Waals surface area contributed by atoms with Crippen LogP contribution in [0.15, 0.2) is 53.4 Å². The Morgan fingerprint density at radius 3 is 2.76 bits per heavy atom. The Morgan fingerprint density at radius 1 is 1.28 bits per heavy atom. The number of nitrogens with two attached hydrogens (primary N) is 1. The highest BCUT2D eigenvalue weighted by Gasteiger charge is 2.18. The highest BCUT2D eigenvalue weighted by molar-refractivity contribution is 7.98. The Hall–Kier alpha value is -2.87. The maximum atomic E-state index is 13.0. The van der Waals surface area contributed by atoms with Crippen LogP contribution in [0, 0.1) is 5.82 Å². The van der Waals surface area contributed by atoms with Gasteiger partial charge in [-0.3, -0.25) is 4.79 Å². The number of benzene rings is 2. The van der Waals surface area contributed by atoms with Crippen LogP contribution in [0.1, 0.15) is 16.1 Å². The summed E-state index contributed by atoms with van der Waals surface area (Å²) < 4.78 is 14.4. The summed E-state index contributed by atoms with van der Waals surface area (Å²) in [7, 11) is 0. The number of nitrogens with one attached hydrogen (secondary N) is 1. The number of nitrogen functional groups attached to an aromatic ring is 1. The van der Waals surface area contributed by atoms with E-state index in [1.54, 1.807) is 30.0 Å². The largest absolute Gasteiger partial charge is 0.382 e. The number of carbonyl (C=O) groups is 1. The molecular formula is C17H16FN5OS. The molecule has 0 saturated carbocycles. The quantitative estimate of drug-likeness (QED) is 0.686. The summed E-state index contributed by atoms with van der Waals surface area (Å²) in [5.74, 6) is -0.591. The zero-order chi connectivity index (χ0) is 17.8. The van der Waals surface area contributed by atoms with Crippen molar-refractivity contribution in [1.29, 1.82) is 0 Å². The van der Waals surface area contributed by atoms with Gasteiger partial charge >= 0.3 is 0 Å².